The summed E-state index contributed by atoms with van der Waals surface area (Å²) >= 11 is 0. The van der Waals surface area contributed by atoms with E-state index >= 15 is 0 Å². The fraction of sp³-hybridized carbons (Fsp3) is 1.00. The van der Waals surface area contributed by atoms with E-state index in [1.165, 1.54) is 6.42 Å². The first-order valence-corrected chi connectivity index (χ1v) is 8.01. The van der Waals surface area contributed by atoms with Crippen molar-refractivity contribution in [1.82, 2.24) is 9.80 Å². The minimum Gasteiger partial charge on any atom is -0.389 e. The molecule has 0 amide bonds. The van der Waals surface area contributed by atoms with Crippen LogP contribution in [0, 0.1) is 0 Å². The van der Waals surface area contributed by atoms with E-state index in [0.29, 0.717) is 25.8 Å². The summed E-state index contributed by atoms with van der Waals surface area (Å²) in [5, 5.41) is 10.1. The molecule has 0 bridgehead atoms. The molecule has 2 heterocycles. The zero-order valence-electron chi connectivity index (χ0n) is 13.4. The molecule has 6 heteroatoms. The SMILES string of the molecule is COCC(C)OCC(O)CN1CCC(N2CCOCC2)C1. The molecule has 0 aromatic carbocycles. The van der Waals surface area contributed by atoms with Gasteiger partial charge in [0.2, 0.25) is 0 Å². The van der Waals surface area contributed by atoms with Gasteiger partial charge in [-0.3, -0.25) is 9.80 Å². The number of hydrogen-bond acceptors (Lipinski definition) is 6. The third-order valence-electron chi connectivity index (χ3n) is 4.25. The summed E-state index contributed by atoms with van der Waals surface area (Å²) in [5.74, 6) is 0. The van der Waals surface area contributed by atoms with E-state index in [1.54, 1.807) is 7.11 Å². The molecule has 6 nitrogen and oxygen atoms in total. The van der Waals surface area contributed by atoms with Crippen LogP contribution in [0.1, 0.15) is 13.3 Å². The highest BCUT2D eigenvalue weighted by atomic mass is 16.5. The number of hydrogen-bond donors (Lipinski definition) is 1. The topological polar surface area (TPSA) is 54.4 Å². The van der Waals surface area contributed by atoms with E-state index in [1.807, 2.05) is 6.92 Å². The highest BCUT2D eigenvalue weighted by Gasteiger charge is 2.29. The van der Waals surface area contributed by atoms with E-state index in [-0.39, 0.29) is 6.10 Å². The number of rotatable bonds is 8. The largest absolute Gasteiger partial charge is 0.389 e. The standard InChI is InChI=1S/C15H30N2O4/c1-13(11-19-2)21-12-15(18)10-16-4-3-14(9-16)17-5-7-20-8-6-17/h13-15,18H,3-12H2,1-2H3. The van der Waals surface area contributed by atoms with Gasteiger partial charge in [-0.2, -0.15) is 0 Å². The predicted octanol–water partition coefficient (Wildman–Crippen LogP) is -0.195. The number of morpholine rings is 1. The van der Waals surface area contributed by atoms with E-state index in [0.717, 1.165) is 39.4 Å². The summed E-state index contributed by atoms with van der Waals surface area (Å²) in [7, 11) is 1.66. The second kappa shape index (κ2) is 9.02. The molecule has 2 aliphatic heterocycles. The van der Waals surface area contributed by atoms with E-state index in [2.05, 4.69) is 9.80 Å². The van der Waals surface area contributed by atoms with Crippen molar-refractivity contribution >= 4 is 0 Å². The Morgan fingerprint density at radius 2 is 2.00 bits per heavy atom. The summed E-state index contributed by atoms with van der Waals surface area (Å²) in [4.78, 5) is 4.86. The zero-order chi connectivity index (χ0) is 15.1. The first kappa shape index (κ1) is 17.1. The maximum Gasteiger partial charge on any atom is 0.0900 e. The molecule has 2 aliphatic rings. The van der Waals surface area contributed by atoms with Gasteiger partial charge in [-0.25, -0.2) is 0 Å². The van der Waals surface area contributed by atoms with Gasteiger partial charge in [0, 0.05) is 39.3 Å². The molecule has 0 radical (unpaired) electrons. The second-order valence-corrected chi connectivity index (χ2v) is 6.10. The highest BCUT2D eigenvalue weighted by Crippen LogP contribution is 2.17. The minimum absolute atomic E-state index is 0.0318. The van der Waals surface area contributed by atoms with Crippen molar-refractivity contribution in [3.05, 3.63) is 0 Å². The van der Waals surface area contributed by atoms with Gasteiger partial charge in [-0.1, -0.05) is 0 Å². The first-order valence-electron chi connectivity index (χ1n) is 8.01. The number of likely N-dealkylation sites (tertiary alicyclic amines) is 1. The summed E-state index contributed by atoms with van der Waals surface area (Å²) in [5.41, 5.74) is 0. The molecule has 2 fully saturated rings. The van der Waals surface area contributed by atoms with Crippen LogP contribution in [0.4, 0.5) is 0 Å². The van der Waals surface area contributed by atoms with Crippen LogP contribution < -0.4 is 0 Å². The number of aliphatic hydroxyl groups is 1. The molecule has 0 saturated carbocycles. The van der Waals surface area contributed by atoms with Gasteiger partial charge in [0.05, 0.1) is 38.6 Å². The Morgan fingerprint density at radius 1 is 1.24 bits per heavy atom. The van der Waals surface area contributed by atoms with Gasteiger partial charge >= 0.3 is 0 Å². The fourth-order valence-corrected chi connectivity index (χ4v) is 3.13. The van der Waals surface area contributed by atoms with Crippen LogP contribution in [0.25, 0.3) is 0 Å². The molecule has 1 N–H and O–H groups in total. The third-order valence-corrected chi connectivity index (χ3v) is 4.25. The van der Waals surface area contributed by atoms with Crippen molar-refractivity contribution in [3.63, 3.8) is 0 Å². The van der Waals surface area contributed by atoms with Crippen molar-refractivity contribution in [2.75, 3.05) is 66.3 Å². The zero-order valence-corrected chi connectivity index (χ0v) is 13.4. The number of β-amino-alcohol motifs (C(OH)–C–C–N with tert-alkyl or cyclic N) is 1. The summed E-state index contributed by atoms with van der Waals surface area (Å²) in [6, 6.07) is 0.620. The Kier molecular flexibility index (Phi) is 7.36. The fourth-order valence-electron chi connectivity index (χ4n) is 3.13. The molecule has 0 aromatic heterocycles. The lowest BCUT2D eigenvalue weighted by Gasteiger charge is -2.32. The van der Waals surface area contributed by atoms with Gasteiger partial charge in [0.25, 0.3) is 0 Å². The Bertz CT molecular complexity index is 287. The Balaban J connectivity index is 1.62. The average Bonchev–Trinajstić information content (AvgIpc) is 2.95. The van der Waals surface area contributed by atoms with Crippen LogP contribution in [0.3, 0.4) is 0 Å². The van der Waals surface area contributed by atoms with Crippen molar-refractivity contribution in [2.24, 2.45) is 0 Å². The average molecular weight is 302 g/mol. The predicted molar refractivity (Wildman–Crippen MR) is 80.5 cm³/mol. The Hall–Kier alpha value is -0.240. The quantitative estimate of drug-likeness (QED) is 0.670. The molecular weight excluding hydrogens is 272 g/mol. The van der Waals surface area contributed by atoms with Gasteiger partial charge in [-0.15, -0.1) is 0 Å². The third kappa shape index (κ3) is 5.81. The van der Waals surface area contributed by atoms with Crippen LogP contribution in [-0.4, -0.2) is 99.4 Å². The van der Waals surface area contributed by atoms with Gasteiger partial charge < -0.3 is 19.3 Å². The van der Waals surface area contributed by atoms with Crippen LogP contribution in [-0.2, 0) is 14.2 Å². The summed E-state index contributed by atoms with van der Waals surface area (Å²) in [6.45, 7) is 9.49. The van der Waals surface area contributed by atoms with E-state index < -0.39 is 6.10 Å². The molecule has 0 aromatic rings. The van der Waals surface area contributed by atoms with Gasteiger partial charge in [0.15, 0.2) is 0 Å². The Morgan fingerprint density at radius 3 is 2.71 bits per heavy atom. The second-order valence-electron chi connectivity index (χ2n) is 6.10. The van der Waals surface area contributed by atoms with Gasteiger partial charge in [-0.05, 0) is 19.9 Å². The maximum absolute atomic E-state index is 10.1. The lowest BCUT2D eigenvalue weighted by atomic mass is 10.2. The summed E-state index contributed by atoms with van der Waals surface area (Å²) < 4.78 is 16.0. The Labute approximate surface area is 127 Å². The molecular formula is C15H30N2O4. The van der Waals surface area contributed by atoms with Crippen LogP contribution >= 0.6 is 0 Å². The number of methoxy groups -OCH3 is 1. The molecule has 3 atom stereocenters. The molecule has 0 aliphatic carbocycles. The first-order chi connectivity index (χ1) is 10.2. The molecule has 124 valence electrons. The molecule has 21 heavy (non-hydrogen) atoms. The van der Waals surface area contributed by atoms with E-state index in [4.69, 9.17) is 14.2 Å². The number of ether oxygens (including phenoxy) is 3. The number of nitrogens with zero attached hydrogens (tertiary/aromatic N) is 2. The molecule has 2 saturated heterocycles. The number of aliphatic hydroxyl groups excluding tert-OH is 1. The highest BCUT2D eigenvalue weighted by molar-refractivity contribution is 4.85. The molecule has 2 rings (SSSR count). The lowest BCUT2D eigenvalue weighted by molar-refractivity contribution is -0.0390. The summed E-state index contributed by atoms with van der Waals surface area (Å²) in [6.07, 6.45) is 0.797. The van der Waals surface area contributed by atoms with Crippen molar-refractivity contribution < 1.29 is 19.3 Å². The van der Waals surface area contributed by atoms with Crippen molar-refractivity contribution in [1.29, 1.82) is 0 Å². The molecule has 3 unspecified atom stereocenters. The van der Waals surface area contributed by atoms with E-state index in [9.17, 15) is 5.11 Å². The minimum atomic E-state index is -0.423. The van der Waals surface area contributed by atoms with Crippen LogP contribution in [0.2, 0.25) is 0 Å². The van der Waals surface area contributed by atoms with Crippen LogP contribution in [0.15, 0.2) is 0 Å². The smallest absolute Gasteiger partial charge is 0.0900 e. The normalized spacial score (nSPS) is 27.9. The maximum atomic E-state index is 10.1. The van der Waals surface area contributed by atoms with Crippen LogP contribution in [0.5, 0.6) is 0 Å². The van der Waals surface area contributed by atoms with Crippen molar-refractivity contribution in [3.8, 4) is 0 Å². The molecule has 0 spiro atoms. The lowest BCUT2D eigenvalue weighted by Crippen LogP contribution is -2.45. The monoisotopic (exact) mass is 302 g/mol. The van der Waals surface area contributed by atoms with Crippen molar-refractivity contribution in [2.45, 2.75) is 31.6 Å². The van der Waals surface area contributed by atoms with Gasteiger partial charge in [0.1, 0.15) is 0 Å².